The number of nitroso groups, excluding NO2 is 1. The quantitative estimate of drug-likeness (QED) is 0.0220. The predicted octanol–water partition coefficient (Wildman–Crippen LogP) is -6.90. The Balaban J connectivity index is 0.833. The number of carbonyl (C=O) groups is 1. The number of aliphatic hydroxyl groups excluding tert-OH is 18. The molecule has 0 aromatic rings. The van der Waals surface area contributed by atoms with Crippen molar-refractivity contribution >= 4 is 5.97 Å². The van der Waals surface area contributed by atoms with Crippen LogP contribution in [0.15, 0.2) is 17.3 Å². The van der Waals surface area contributed by atoms with Crippen LogP contribution in [0.1, 0.15) is 91.4 Å². The van der Waals surface area contributed by atoms with E-state index >= 15 is 4.79 Å². The topological polar surface area (TPSA) is 540 Å². The molecule has 35 heteroatoms. The van der Waals surface area contributed by atoms with Crippen LogP contribution in [0, 0.1) is 39.4 Å². The number of rotatable bonds is 21. The van der Waals surface area contributed by atoms with E-state index in [1.54, 1.807) is 13.8 Å². The van der Waals surface area contributed by atoms with Crippen LogP contribution in [0.3, 0.4) is 0 Å². The first-order valence-corrected chi connectivity index (χ1v) is 33.7. The number of hydrogen-bond acceptors (Lipinski definition) is 35. The maximum atomic E-state index is 15.5. The van der Waals surface area contributed by atoms with Gasteiger partial charge in [0.2, 0.25) is 6.29 Å². The molecule has 4 aliphatic carbocycles. The van der Waals surface area contributed by atoms with Crippen molar-refractivity contribution in [3.8, 4) is 0 Å². The third kappa shape index (κ3) is 14.4. The van der Waals surface area contributed by atoms with E-state index in [0.29, 0.717) is 63.4 Å². The zero-order valence-electron chi connectivity index (χ0n) is 54.0. The molecule has 11 aliphatic rings. The summed E-state index contributed by atoms with van der Waals surface area (Å²) in [6.07, 6.45) is -47.8. The van der Waals surface area contributed by atoms with E-state index in [-0.39, 0.29) is 30.6 Å². The molecule has 2 unspecified atom stereocenters. The fourth-order valence-electron chi connectivity index (χ4n) is 17.4. The molecular weight excluding hydrogens is 1300 g/mol. The average Bonchev–Trinajstić information content (AvgIpc) is 1.61. The molecular formula is C62H99NO34. The van der Waals surface area contributed by atoms with E-state index < -0.39 is 265 Å². The van der Waals surface area contributed by atoms with Gasteiger partial charge in [0.05, 0.1) is 80.7 Å². The van der Waals surface area contributed by atoms with Crippen LogP contribution >= 0.6 is 0 Å². The van der Waals surface area contributed by atoms with Gasteiger partial charge in [-0.1, -0.05) is 25.1 Å². The Labute approximate surface area is 557 Å². The Morgan fingerprint density at radius 3 is 1.52 bits per heavy atom. The van der Waals surface area contributed by atoms with E-state index in [1.165, 1.54) is 6.92 Å². The Hall–Kier alpha value is -2.43. The van der Waals surface area contributed by atoms with E-state index in [1.807, 2.05) is 0 Å². The Morgan fingerprint density at radius 1 is 0.495 bits per heavy atom. The van der Waals surface area contributed by atoms with Crippen LogP contribution in [-0.4, -0.2) is 340 Å². The van der Waals surface area contributed by atoms with E-state index in [2.05, 4.69) is 11.8 Å². The van der Waals surface area contributed by atoms with Crippen molar-refractivity contribution in [3.63, 3.8) is 0 Å². The highest BCUT2D eigenvalue weighted by Crippen LogP contribution is 2.70. The SMILES string of the molecule is C=C1CC23CC[C@H]4C(CCC[C@@]4(C)C(=O)O[C@@H]4O[C@H](CO)C[C@H](O[C@@H]5O[C@H](CO)[C@@H](O)[C@H](O)[C@H]5O)[C@H]4O[C@@H]4O[C@@H](C)[C@H](O[C@@H]5O[C@H](CO)[C@@H](O)[C@H](O)[C@H]5O)[C@@H](O)[C@H]4O)[C@@H]2CC[C@]1(O[C@@H]1O[C@H](CO)C[C@H](O[C@@H]2O[C@H](CO)[C@@H](O)[C@H](O)[C@H]2C)[C@H]1O[C@@H]1O[C@H](CN=O)[C@@H](O)[C@H](O)[C@H]1O)C3. The lowest BCUT2D eigenvalue weighted by molar-refractivity contribution is -0.385. The van der Waals surface area contributed by atoms with Crippen molar-refractivity contribution in [3.05, 3.63) is 17.1 Å². The largest absolute Gasteiger partial charge is 0.432 e. The number of aliphatic hydroxyl groups is 18. The lowest BCUT2D eigenvalue weighted by Gasteiger charge is -2.59. The second-order valence-corrected chi connectivity index (χ2v) is 28.8. The monoisotopic (exact) mass is 1400 g/mol. The van der Waals surface area contributed by atoms with Crippen LogP contribution < -0.4 is 0 Å². The van der Waals surface area contributed by atoms with Crippen molar-refractivity contribution in [2.24, 2.45) is 39.7 Å². The van der Waals surface area contributed by atoms with Gasteiger partial charge in [-0.15, -0.1) is 0 Å². The van der Waals surface area contributed by atoms with Crippen molar-refractivity contribution in [1.82, 2.24) is 0 Å². The lowest BCUT2D eigenvalue weighted by atomic mass is 9.46. The molecule has 35 nitrogen and oxygen atoms in total. The standard InChI is InChI=1S/C62H99NO34/c1-22-14-61-10-7-28-27(29(61)8-11-62(22,21-61)97-58-51(95-55-46(79)41(74)37(70)32(89-55)15-63-83)31(13-26(17-65)86-58)87-52-23(2)36(69)38(71)33(18-66)90-52)6-5-9-60(28,4)59(82)96-57-50(30(12-25(16-64)85-57)88-54-45(78)42(75)39(72)34(19-67)91-54)94-53-48(81)44(77)49(24(3)84-53)93-56-47(80)43(76)40(73)35(20-68)92-56/h23-58,64-81H,1,5-21H2,2-4H3/t23-,24+,25+,26+,27?,28+,29+,30+,31+,32-,33-,34-,35-,36-,37-,38-,39-,40-,41+,42+,43+,44+,45-,46-,47-,48-,49+,50-,51-,52-,53+,54-,55+,56+,57+,58+,60-,61?,62+/m1/s1. The van der Waals surface area contributed by atoms with E-state index in [0.717, 1.165) is 0 Å². The van der Waals surface area contributed by atoms with Gasteiger partial charge in [-0.25, -0.2) is 0 Å². The molecule has 7 saturated heterocycles. The van der Waals surface area contributed by atoms with Gasteiger partial charge in [-0.2, -0.15) is 4.91 Å². The Morgan fingerprint density at radius 2 is 0.959 bits per heavy atom. The second-order valence-electron chi connectivity index (χ2n) is 28.8. The molecule has 7 aliphatic heterocycles. The molecule has 7 heterocycles. The molecule has 4 saturated carbocycles. The van der Waals surface area contributed by atoms with E-state index in [9.17, 15) is 96.8 Å². The number of fused-ring (bicyclic) bond motifs is 3. The van der Waals surface area contributed by atoms with Crippen molar-refractivity contribution in [1.29, 1.82) is 0 Å². The number of ether oxygens (including phenoxy) is 14. The highest BCUT2D eigenvalue weighted by atomic mass is 16.8. The van der Waals surface area contributed by atoms with Crippen molar-refractivity contribution in [2.75, 3.05) is 39.6 Å². The first kappa shape index (κ1) is 75.7. The maximum Gasteiger partial charge on any atom is 0.314 e. The zero-order chi connectivity index (χ0) is 70.1. The van der Waals surface area contributed by atoms with Gasteiger partial charge in [0.15, 0.2) is 37.7 Å². The van der Waals surface area contributed by atoms with Gasteiger partial charge in [-0.05, 0) is 94.0 Å². The van der Waals surface area contributed by atoms with Crippen molar-refractivity contribution < 1.29 is 163 Å². The van der Waals surface area contributed by atoms with Crippen LogP contribution in [0.4, 0.5) is 0 Å². The maximum absolute atomic E-state index is 15.5. The fourth-order valence-corrected chi connectivity index (χ4v) is 17.4. The normalized spacial score (nSPS) is 53.4. The van der Waals surface area contributed by atoms with Gasteiger partial charge in [0.25, 0.3) is 0 Å². The Kier molecular flexibility index (Phi) is 24.0. The molecule has 97 heavy (non-hydrogen) atoms. The molecule has 39 atom stereocenters. The predicted molar refractivity (Wildman–Crippen MR) is 315 cm³/mol. The Bertz CT molecular complexity index is 2640. The molecule has 1 spiro atoms. The van der Waals surface area contributed by atoms with Crippen LogP contribution in [0.5, 0.6) is 0 Å². The minimum atomic E-state index is -2.05. The molecule has 11 fully saturated rings. The highest BCUT2D eigenvalue weighted by Gasteiger charge is 2.67. The summed E-state index contributed by atoms with van der Waals surface area (Å²) in [5.74, 6) is -2.12. The molecule has 11 rings (SSSR count). The highest BCUT2D eigenvalue weighted by molar-refractivity contribution is 5.77. The molecule has 2 bridgehead atoms. The second kappa shape index (κ2) is 30.7. The summed E-state index contributed by atoms with van der Waals surface area (Å²) in [7, 11) is 0. The molecule has 0 radical (unpaired) electrons. The third-order valence-corrected chi connectivity index (χ3v) is 23.0. The van der Waals surface area contributed by atoms with Gasteiger partial charge >= 0.3 is 5.97 Å². The molecule has 556 valence electrons. The minimum Gasteiger partial charge on any atom is -0.432 e. The summed E-state index contributed by atoms with van der Waals surface area (Å²) in [6.45, 7) is 5.11. The summed E-state index contributed by atoms with van der Waals surface area (Å²) in [5, 5.41) is 197. The van der Waals surface area contributed by atoms with Gasteiger partial charge in [0, 0.05) is 18.8 Å². The number of carbonyl (C=O) groups excluding carboxylic acids is 1. The smallest absolute Gasteiger partial charge is 0.314 e. The van der Waals surface area contributed by atoms with Crippen LogP contribution in [-0.2, 0) is 71.1 Å². The summed E-state index contributed by atoms with van der Waals surface area (Å²) < 4.78 is 87.0. The van der Waals surface area contributed by atoms with Gasteiger partial charge in [0.1, 0.15) is 123 Å². The summed E-state index contributed by atoms with van der Waals surface area (Å²) in [6, 6.07) is 0. The van der Waals surface area contributed by atoms with Gasteiger partial charge < -0.3 is 158 Å². The lowest BCUT2D eigenvalue weighted by Crippen LogP contribution is -2.65. The number of hydrogen-bond donors (Lipinski definition) is 18. The fraction of sp³-hybridized carbons (Fsp3) is 0.952. The zero-order valence-corrected chi connectivity index (χ0v) is 54.0. The first-order chi connectivity index (χ1) is 46.1. The van der Waals surface area contributed by atoms with Gasteiger partial charge in [-0.3, -0.25) is 4.79 Å². The number of nitrogens with zero attached hydrogens (tertiary/aromatic N) is 1. The molecule has 0 aromatic heterocycles. The first-order valence-electron chi connectivity index (χ1n) is 33.7. The van der Waals surface area contributed by atoms with Crippen molar-refractivity contribution in [2.45, 2.75) is 294 Å². The van der Waals surface area contributed by atoms with Crippen LogP contribution in [0.25, 0.3) is 0 Å². The van der Waals surface area contributed by atoms with Crippen LogP contribution in [0.2, 0.25) is 0 Å². The van der Waals surface area contributed by atoms with E-state index in [4.69, 9.17) is 66.3 Å². The molecule has 0 aromatic carbocycles. The number of esters is 1. The third-order valence-electron chi connectivity index (χ3n) is 23.0. The molecule has 18 N–H and O–H groups in total. The summed E-state index contributed by atoms with van der Waals surface area (Å²) in [5.41, 5.74) is -2.13. The summed E-state index contributed by atoms with van der Waals surface area (Å²) >= 11 is 0. The molecule has 0 amide bonds. The summed E-state index contributed by atoms with van der Waals surface area (Å²) in [4.78, 5) is 26.9. The average molecular weight is 1400 g/mol. The minimum absolute atomic E-state index is 0.0348.